The van der Waals surface area contributed by atoms with Crippen LogP contribution in [0.3, 0.4) is 0 Å². The topological polar surface area (TPSA) is 110 Å². The molecule has 0 atom stereocenters. The number of nitrogens with two attached hydrogens (primary N) is 1. The first-order chi connectivity index (χ1) is 10.0. The lowest BCUT2D eigenvalue weighted by molar-refractivity contribution is 0.168. The summed E-state index contributed by atoms with van der Waals surface area (Å²) in [5, 5.41) is 8.98. The van der Waals surface area contributed by atoms with Crippen molar-refractivity contribution in [3.05, 3.63) is 24.4 Å². The van der Waals surface area contributed by atoms with Crippen molar-refractivity contribution >= 4 is 21.5 Å². The third-order valence-electron chi connectivity index (χ3n) is 2.99. The van der Waals surface area contributed by atoms with Gasteiger partial charge in [-0.15, -0.1) is 0 Å². The number of hydrogen-bond acceptors (Lipinski definition) is 6. The quantitative estimate of drug-likeness (QED) is 0.716. The van der Waals surface area contributed by atoms with Crippen LogP contribution in [-0.2, 0) is 14.8 Å². The smallest absolute Gasteiger partial charge is 0.263 e. The van der Waals surface area contributed by atoms with Crippen LogP contribution in [-0.4, -0.2) is 60.6 Å². The Morgan fingerprint density at radius 3 is 2.86 bits per heavy atom. The third kappa shape index (κ3) is 3.00. The number of ether oxygens (including phenoxy) is 1. The van der Waals surface area contributed by atoms with Gasteiger partial charge in [0, 0.05) is 26.4 Å². The summed E-state index contributed by atoms with van der Waals surface area (Å²) in [6.45, 7) is 0.0134. The number of aliphatic hydroxyl groups excluding tert-OH is 1. The van der Waals surface area contributed by atoms with Gasteiger partial charge in [0.2, 0.25) is 0 Å². The monoisotopic (exact) mass is 314 g/mol. The Balaban J connectivity index is 2.51. The summed E-state index contributed by atoms with van der Waals surface area (Å²) in [5.74, 6) is -0.0680. The summed E-state index contributed by atoms with van der Waals surface area (Å²) < 4.78 is 32.9. The van der Waals surface area contributed by atoms with Crippen LogP contribution in [0, 0.1) is 0 Å². The molecule has 0 spiro atoms. The van der Waals surface area contributed by atoms with Crippen molar-refractivity contribution in [1.82, 2.24) is 13.7 Å². The van der Waals surface area contributed by atoms with E-state index in [2.05, 4.69) is 4.98 Å². The predicted octanol–water partition coefficient (Wildman–Crippen LogP) is -0.454. The van der Waals surface area contributed by atoms with Gasteiger partial charge in [0.15, 0.2) is 10.8 Å². The van der Waals surface area contributed by atoms with Gasteiger partial charge in [0.1, 0.15) is 5.65 Å². The number of imidazole rings is 1. The van der Waals surface area contributed by atoms with Gasteiger partial charge < -0.3 is 15.6 Å². The summed E-state index contributed by atoms with van der Waals surface area (Å²) in [7, 11) is -2.40. The Bertz CT molecular complexity index is 713. The number of hydrogen-bond donors (Lipinski definition) is 2. The van der Waals surface area contributed by atoms with Gasteiger partial charge in [-0.3, -0.25) is 4.40 Å². The lowest BCUT2D eigenvalue weighted by atomic mass is 10.5. The number of fused-ring (bicyclic) bond motifs is 1. The summed E-state index contributed by atoms with van der Waals surface area (Å²) in [4.78, 5) is 4.04. The van der Waals surface area contributed by atoms with Gasteiger partial charge >= 0.3 is 0 Å². The summed E-state index contributed by atoms with van der Waals surface area (Å²) in [5.41, 5.74) is 6.22. The Morgan fingerprint density at radius 1 is 1.43 bits per heavy atom. The second-order valence-electron chi connectivity index (χ2n) is 4.35. The maximum Gasteiger partial charge on any atom is 0.263 e. The number of rotatable bonds is 7. The van der Waals surface area contributed by atoms with Crippen molar-refractivity contribution < 1.29 is 18.3 Å². The van der Waals surface area contributed by atoms with Gasteiger partial charge in [-0.2, -0.15) is 4.31 Å². The highest BCUT2D eigenvalue weighted by molar-refractivity contribution is 7.89. The maximum absolute atomic E-state index is 12.7. The molecule has 0 radical (unpaired) electrons. The highest BCUT2D eigenvalue weighted by atomic mass is 32.2. The lowest BCUT2D eigenvalue weighted by Gasteiger charge is -2.20. The van der Waals surface area contributed by atoms with Crippen molar-refractivity contribution in [2.24, 2.45) is 0 Å². The minimum atomic E-state index is -3.88. The molecule has 2 heterocycles. The van der Waals surface area contributed by atoms with Crippen molar-refractivity contribution in [3.8, 4) is 0 Å². The van der Waals surface area contributed by atoms with Gasteiger partial charge in [-0.05, 0) is 12.1 Å². The van der Waals surface area contributed by atoms with Gasteiger partial charge in [0.05, 0.1) is 13.2 Å². The number of nitrogen functional groups attached to an aromatic ring is 1. The van der Waals surface area contributed by atoms with Crippen LogP contribution in [0.1, 0.15) is 0 Å². The van der Waals surface area contributed by atoms with Crippen molar-refractivity contribution in [2.75, 3.05) is 39.1 Å². The summed E-state index contributed by atoms with van der Waals surface area (Å²) >= 11 is 0. The van der Waals surface area contributed by atoms with E-state index in [1.54, 1.807) is 24.4 Å². The minimum Gasteiger partial charge on any atom is -0.395 e. The average Bonchev–Trinajstić information content (AvgIpc) is 2.79. The molecule has 0 amide bonds. The summed E-state index contributed by atoms with van der Waals surface area (Å²) in [6.07, 6.45) is 1.58. The zero-order valence-electron chi connectivity index (χ0n) is 11.6. The summed E-state index contributed by atoms with van der Waals surface area (Å²) in [6, 6.07) is 5.11. The molecule has 2 aromatic rings. The van der Waals surface area contributed by atoms with Crippen LogP contribution < -0.4 is 5.73 Å². The molecule has 0 unspecified atom stereocenters. The first-order valence-electron chi connectivity index (χ1n) is 6.35. The molecule has 0 saturated heterocycles. The van der Waals surface area contributed by atoms with E-state index in [1.165, 1.54) is 11.5 Å². The Morgan fingerprint density at radius 2 is 2.19 bits per heavy atom. The highest BCUT2D eigenvalue weighted by Crippen LogP contribution is 2.23. The molecule has 9 heteroatoms. The number of anilines is 1. The first-order valence-corrected chi connectivity index (χ1v) is 7.79. The van der Waals surface area contributed by atoms with Crippen LogP contribution in [0.15, 0.2) is 29.4 Å². The Labute approximate surface area is 122 Å². The fourth-order valence-electron chi connectivity index (χ4n) is 2.03. The molecule has 0 saturated carbocycles. The largest absolute Gasteiger partial charge is 0.395 e. The van der Waals surface area contributed by atoms with Crippen LogP contribution in [0.4, 0.5) is 5.82 Å². The molecular formula is C12H18N4O4S. The van der Waals surface area contributed by atoms with Crippen LogP contribution in [0.5, 0.6) is 0 Å². The standard InChI is InChI=1S/C12H18N4O4S/c1-20-9-7-15(6-8-17)21(18,19)12-11(13)14-10-4-2-3-5-16(10)12/h2-5,17H,6-9,13H2,1H3. The average molecular weight is 314 g/mol. The molecule has 0 fully saturated rings. The van der Waals surface area contributed by atoms with E-state index in [4.69, 9.17) is 15.6 Å². The van der Waals surface area contributed by atoms with E-state index in [9.17, 15) is 8.42 Å². The third-order valence-corrected chi connectivity index (χ3v) is 4.93. The number of nitrogens with zero attached hydrogens (tertiary/aromatic N) is 3. The van der Waals surface area contributed by atoms with E-state index in [-0.39, 0.29) is 37.1 Å². The molecule has 2 rings (SSSR count). The zero-order valence-corrected chi connectivity index (χ0v) is 12.5. The molecule has 8 nitrogen and oxygen atoms in total. The van der Waals surface area contributed by atoms with Crippen molar-refractivity contribution in [1.29, 1.82) is 0 Å². The predicted molar refractivity (Wildman–Crippen MR) is 77.3 cm³/mol. The molecule has 0 bridgehead atoms. The molecular weight excluding hydrogens is 296 g/mol. The molecule has 3 N–H and O–H groups in total. The van der Waals surface area contributed by atoms with E-state index in [1.807, 2.05) is 0 Å². The first kappa shape index (κ1) is 15.7. The fourth-order valence-corrected chi connectivity index (χ4v) is 3.62. The molecule has 2 aromatic heterocycles. The van der Waals surface area contributed by atoms with Gasteiger partial charge in [-0.1, -0.05) is 6.07 Å². The van der Waals surface area contributed by atoms with Crippen LogP contribution in [0.2, 0.25) is 0 Å². The molecule has 0 aliphatic rings. The Kier molecular flexibility index (Phi) is 4.78. The van der Waals surface area contributed by atoms with Crippen LogP contribution >= 0.6 is 0 Å². The lowest BCUT2D eigenvalue weighted by Crippen LogP contribution is -2.37. The highest BCUT2D eigenvalue weighted by Gasteiger charge is 2.30. The zero-order chi connectivity index (χ0) is 15.5. The number of methoxy groups -OCH3 is 1. The number of pyridine rings is 1. The van der Waals surface area contributed by atoms with E-state index in [0.29, 0.717) is 5.65 Å². The number of aromatic nitrogens is 2. The molecule has 0 aliphatic heterocycles. The normalized spacial score (nSPS) is 12.3. The van der Waals surface area contributed by atoms with E-state index in [0.717, 1.165) is 4.31 Å². The minimum absolute atomic E-state index is 0.0365. The fraction of sp³-hybridized carbons (Fsp3) is 0.417. The Hall–Kier alpha value is -1.68. The van der Waals surface area contributed by atoms with Crippen molar-refractivity contribution in [2.45, 2.75) is 5.03 Å². The number of sulfonamides is 1. The maximum atomic E-state index is 12.7. The van der Waals surface area contributed by atoms with Gasteiger partial charge in [0.25, 0.3) is 10.0 Å². The van der Waals surface area contributed by atoms with Crippen molar-refractivity contribution in [3.63, 3.8) is 0 Å². The molecule has 0 aliphatic carbocycles. The molecule has 21 heavy (non-hydrogen) atoms. The second-order valence-corrected chi connectivity index (χ2v) is 6.20. The van der Waals surface area contributed by atoms with Gasteiger partial charge in [-0.25, -0.2) is 13.4 Å². The SMILES string of the molecule is COCCN(CCO)S(=O)(=O)c1c(N)nc2ccccn12. The molecule has 116 valence electrons. The molecule has 0 aromatic carbocycles. The number of aliphatic hydroxyl groups is 1. The second kappa shape index (κ2) is 6.39. The van der Waals surface area contributed by atoms with E-state index < -0.39 is 10.0 Å². The van der Waals surface area contributed by atoms with E-state index >= 15 is 0 Å². The van der Waals surface area contributed by atoms with Crippen LogP contribution in [0.25, 0.3) is 5.65 Å².